The average Bonchev–Trinajstić information content (AvgIpc) is 1.65. The van der Waals surface area contributed by atoms with Gasteiger partial charge in [-0.05, 0) is 0 Å². The largest absolute Gasteiger partial charge is 0.512 e. The van der Waals surface area contributed by atoms with Crippen LogP contribution >= 0.6 is 0 Å². The average molecular weight is 89.1 g/mol. The molecule has 0 aliphatic heterocycles. The summed E-state index contributed by atoms with van der Waals surface area (Å²) in [5.74, 6) is -0.532. The third-order valence-electron chi connectivity index (χ3n) is 0.297. The van der Waals surface area contributed by atoms with Gasteiger partial charge in [0, 0.05) is 0 Å². The Hall–Kier alpha value is -0.700. The molecule has 2 N–H and O–H groups in total. The monoisotopic (exact) mass is 89.0 g/mol. The molecule has 0 bridgehead atoms. The number of hydrogen-bond acceptors (Lipinski definition) is 2. The molecule has 0 heterocycles. The zero-order chi connectivity index (χ0) is 4.99. The van der Waals surface area contributed by atoms with Crippen LogP contribution < -0.4 is 0 Å². The van der Waals surface area contributed by atoms with Gasteiger partial charge >= 0.3 is 0 Å². The van der Waals surface area contributed by atoms with Crippen molar-refractivity contribution in [1.29, 1.82) is 0 Å². The summed E-state index contributed by atoms with van der Waals surface area (Å²) >= 11 is 0. The molecule has 0 aromatic rings. The highest BCUT2D eigenvalue weighted by atomic mass is 16.3. The van der Waals surface area contributed by atoms with Crippen LogP contribution in [-0.2, 0) is 5.11 Å². The predicted octanol–water partition coefficient (Wildman–Crippen LogP) is 0.374. The van der Waals surface area contributed by atoms with Crippen LogP contribution in [0.15, 0.2) is 12.0 Å². The molecular weight excluding hydrogens is 84.0 g/mol. The van der Waals surface area contributed by atoms with Crippen LogP contribution in [0.2, 0.25) is 0 Å². The molecule has 0 aromatic carbocycles. The van der Waals surface area contributed by atoms with Crippen molar-refractivity contribution >= 4 is 0 Å². The van der Waals surface area contributed by atoms with Crippen molar-refractivity contribution in [2.75, 3.05) is 6.61 Å². The van der Waals surface area contributed by atoms with Gasteiger partial charge in [0.15, 0.2) is 5.76 Å². The van der Waals surface area contributed by atoms with E-state index in [1.807, 2.05) is 0 Å². The van der Waals surface area contributed by atoms with E-state index < -0.39 is 12.4 Å². The highest BCUT2D eigenvalue weighted by Crippen LogP contribution is 1.77. The molecule has 0 atom stereocenters. The van der Waals surface area contributed by atoms with Crippen LogP contribution in [-0.4, -0.2) is 16.8 Å². The molecule has 0 aromatic heterocycles. The van der Waals surface area contributed by atoms with Crippen molar-refractivity contribution in [1.82, 2.24) is 0 Å². The van der Waals surface area contributed by atoms with E-state index >= 15 is 0 Å². The fourth-order valence-corrected chi connectivity index (χ4v) is 0.0373. The van der Waals surface area contributed by atoms with Gasteiger partial charge in [-0.2, -0.15) is 0 Å². The molecular formula is C3H5O3. The molecule has 0 aliphatic carbocycles. The van der Waals surface area contributed by atoms with Crippen LogP contribution in [0, 0.1) is 0 Å². The van der Waals surface area contributed by atoms with E-state index in [-0.39, 0.29) is 0 Å². The van der Waals surface area contributed by atoms with Crippen LogP contribution in [0.25, 0.3) is 0 Å². The summed E-state index contributed by atoms with van der Waals surface area (Å²) < 4.78 is 0. The summed E-state index contributed by atoms with van der Waals surface area (Å²) in [5, 5.41) is 25.1. The van der Waals surface area contributed by atoms with E-state index in [1.54, 1.807) is 0 Å². The summed E-state index contributed by atoms with van der Waals surface area (Å²) in [4.78, 5) is 0. The Labute approximate surface area is 35.2 Å². The SMILES string of the molecule is [O]C/C(O)=C/O. The number of hydrogen-bond donors (Lipinski definition) is 2. The zero-order valence-electron chi connectivity index (χ0n) is 3.09. The first-order chi connectivity index (χ1) is 2.81. The van der Waals surface area contributed by atoms with E-state index in [4.69, 9.17) is 10.2 Å². The van der Waals surface area contributed by atoms with E-state index in [0.29, 0.717) is 6.26 Å². The van der Waals surface area contributed by atoms with Crippen LogP contribution in [0.1, 0.15) is 0 Å². The Morgan fingerprint density at radius 1 is 1.83 bits per heavy atom. The fraction of sp³-hybridized carbons (Fsp3) is 0.333. The summed E-state index contributed by atoms with van der Waals surface area (Å²) in [6.45, 7) is -0.753. The lowest BCUT2D eigenvalue weighted by atomic mass is 10.6. The second-order valence-electron chi connectivity index (χ2n) is 0.765. The number of aliphatic hydroxyl groups is 2. The molecule has 35 valence electrons. The predicted molar refractivity (Wildman–Crippen MR) is 18.9 cm³/mol. The van der Waals surface area contributed by atoms with Gasteiger partial charge in [-0.25, -0.2) is 5.11 Å². The third kappa shape index (κ3) is 1.60. The minimum Gasteiger partial charge on any atom is -0.512 e. The van der Waals surface area contributed by atoms with Crippen molar-refractivity contribution in [3.63, 3.8) is 0 Å². The van der Waals surface area contributed by atoms with Gasteiger partial charge in [-0.1, -0.05) is 0 Å². The smallest absolute Gasteiger partial charge is 0.155 e. The minimum atomic E-state index is -0.753. The first-order valence-electron chi connectivity index (χ1n) is 1.41. The third-order valence-corrected chi connectivity index (χ3v) is 0.297. The Bertz CT molecular complexity index is 57.1. The Kier molecular flexibility index (Phi) is 2.24. The van der Waals surface area contributed by atoms with Gasteiger partial charge in [0.25, 0.3) is 0 Å². The van der Waals surface area contributed by atoms with Crippen molar-refractivity contribution in [3.05, 3.63) is 12.0 Å². The van der Waals surface area contributed by atoms with Crippen LogP contribution in [0.3, 0.4) is 0 Å². The molecule has 0 spiro atoms. The van der Waals surface area contributed by atoms with Crippen LogP contribution in [0.5, 0.6) is 0 Å². The quantitative estimate of drug-likeness (QED) is 0.456. The maximum absolute atomic E-state index is 9.38. The van der Waals surface area contributed by atoms with Crippen molar-refractivity contribution in [2.24, 2.45) is 0 Å². The first-order valence-corrected chi connectivity index (χ1v) is 1.41. The van der Waals surface area contributed by atoms with Gasteiger partial charge < -0.3 is 10.2 Å². The number of rotatable bonds is 1. The molecule has 3 nitrogen and oxygen atoms in total. The molecule has 1 radical (unpaired) electrons. The van der Waals surface area contributed by atoms with Crippen LogP contribution in [0.4, 0.5) is 0 Å². The van der Waals surface area contributed by atoms with Crippen molar-refractivity contribution in [3.8, 4) is 0 Å². The first kappa shape index (κ1) is 5.30. The van der Waals surface area contributed by atoms with Gasteiger partial charge in [0.05, 0.1) is 0 Å². The molecule has 0 amide bonds. The van der Waals surface area contributed by atoms with Crippen molar-refractivity contribution < 1.29 is 15.3 Å². The molecule has 0 saturated heterocycles. The molecule has 0 fully saturated rings. The highest BCUT2D eigenvalue weighted by Gasteiger charge is 1.82. The Morgan fingerprint density at radius 2 is 2.33 bits per heavy atom. The van der Waals surface area contributed by atoms with Gasteiger partial charge in [-0.15, -0.1) is 0 Å². The topological polar surface area (TPSA) is 60.4 Å². The second kappa shape index (κ2) is 2.53. The van der Waals surface area contributed by atoms with Gasteiger partial charge in [0.1, 0.15) is 12.9 Å². The molecule has 0 saturated carbocycles. The lowest BCUT2D eigenvalue weighted by Gasteiger charge is -1.81. The molecule has 0 rings (SSSR count). The number of aliphatic hydroxyl groups excluding tert-OH is 2. The molecule has 3 heteroatoms. The standard InChI is InChI=1S/C3H5O3/c4-1-3(6)2-5/h1,4,6H,2H2/b3-1-. The second-order valence-corrected chi connectivity index (χ2v) is 0.765. The lowest BCUT2D eigenvalue weighted by molar-refractivity contribution is 0.170. The highest BCUT2D eigenvalue weighted by molar-refractivity contribution is 4.80. The fourth-order valence-electron chi connectivity index (χ4n) is 0.0373. The van der Waals surface area contributed by atoms with E-state index in [1.165, 1.54) is 0 Å². The summed E-state index contributed by atoms with van der Waals surface area (Å²) in [6, 6.07) is 0. The maximum Gasteiger partial charge on any atom is 0.155 e. The summed E-state index contributed by atoms with van der Waals surface area (Å²) in [7, 11) is 0. The van der Waals surface area contributed by atoms with E-state index in [0.717, 1.165) is 0 Å². The van der Waals surface area contributed by atoms with E-state index in [2.05, 4.69) is 0 Å². The van der Waals surface area contributed by atoms with Crippen molar-refractivity contribution in [2.45, 2.75) is 0 Å². The normalized spacial score (nSPS) is 11.8. The molecule has 0 aliphatic rings. The molecule has 0 unspecified atom stereocenters. The summed E-state index contributed by atoms with van der Waals surface area (Å²) in [6.07, 6.45) is 0.382. The maximum atomic E-state index is 9.38. The zero-order valence-corrected chi connectivity index (χ0v) is 3.09. The minimum absolute atomic E-state index is 0.382. The lowest BCUT2D eigenvalue weighted by Crippen LogP contribution is -1.83. The summed E-state index contributed by atoms with van der Waals surface area (Å²) in [5.41, 5.74) is 0. The van der Waals surface area contributed by atoms with Gasteiger partial charge in [0.2, 0.25) is 0 Å². The Balaban J connectivity index is 3.22. The molecule has 6 heavy (non-hydrogen) atoms. The van der Waals surface area contributed by atoms with E-state index in [9.17, 15) is 5.11 Å². The Morgan fingerprint density at radius 3 is 2.33 bits per heavy atom. The van der Waals surface area contributed by atoms with Gasteiger partial charge in [-0.3, -0.25) is 0 Å².